The summed E-state index contributed by atoms with van der Waals surface area (Å²) in [4.78, 5) is 23.6. The Bertz CT molecular complexity index is 786. The molecule has 0 spiro atoms. The van der Waals surface area contributed by atoms with Gasteiger partial charge in [-0.15, -0.1) is 11.8 Å². The number of aryl methyl sites for hydroxylation is 1. The van der Waals surface area contributed by atoms with E-state index in [0.29, 0.717) is 22.3 Å². The fourth-order valence-electron chi connectivity index (χ4n) is 2.36. The van der Waals surface area contributed by atoms with Crippen molar-refractivity contribution in [2.24, 2.45) is 0 Å². The Balaban J connectivity index is 2.10. The highest BCUT2D eigenvalue weighted by Crippen LogP contribution is 2.35. The Morgan fingerprint density at radius 1 is 1.52 bits per heavy atom. The molecule has 4 N–H and O–H groups in total. The Kier molecular flexibility index (Phi) is 3.38. The highest BCUT2D eigenvalue weighted by Gasteiger charge is 2.33. The highest BCUT2D eigenvalue weighted by molar-refractivity contribution is 7.99. The van der Waals surface area contributed by atoms with Gasteiger partial charge < -0.3 is 15.3 Å². The molecule has 0 bridgehead atoms. The van der Waals surface area contributed by atoms with Crippen molar-refractivity contribution in [3.05, 3.63) is 39.5 Å². The van der Waals surface area contributed by atoms with Gasteiger partial charge in [-0.1, -0.05) is 6.07 Å². The van der Waals surface area contributed by atoms with E-state index in [1.54, 1.807) is 12.1 Å². The number of nitrogens with two attached hydrogens (primary N) is 1. The molecule has 6 nitrogen and oxygen atoms in total. The third kappa shape index (κ3) is 2.38. The minimum atomic E-state index is -0.940. The smallest absolute Gasteiger partial charge is 0.321 e. The van der Waals surface area contributed by atoms with Crippen LogP contribution < -0.4 is 16.5 Å². The Hall–Kier alpha value is -1.99. The summed E-state index contributed by atoms with van der Waals surface area (Å²) in [5, 5.41) is 11.9. The quantitative estimate of drug-likeness (QED) is 0.771. The third-order valence-corrected chi connectivity index (χ3v) is 4.69. The molecule has 7 heteroatoms. The average Bonchev–Trinajstić information content (AvgIpc) is 2.87. The van der Waals surface area contributed by atoms with Gasteiger partial charge in [-0.2, -0.15) is 0 Å². The molecule has 1 aromatic carbocycles. The first-order chi connectivity index (χ1) is 9.97. The number of fused-ring (bicyclic) bond motifs is 1. The van der Waals surface area contributed by atoms with E-state index in [1.165, 1.54) is 11.8 Å². The average molecular weight is 306 g/mol. The minimum absolute atomic E-state index is 0.0362. The number of nitrogens with one attached hydrogen (secondary N) is 1. The molecule has 21 heavy (non-hydrogen) atoms. The van der Waals surface area contributed by atoms with Crippen molar-refractivity contribution < 1.29 is 14.3 Å². The number of hydrogen-bond donors (Lipinski definition) is 3. The number of anilines is 1. The van der Waals surface area contributed by atoms with E-state index in [-0.39, 0.29) is 11.3 Å². The van der Waals surface area contributed by atoms with Crippen LogP contribution in [0.5, 0.6) is 0 Å². The van der Waals surface area contributed by atoms with Gasteiger partial charge in [0.05, 0.1) is 16.3 Å². The van der Waals surface area contributed by atoms with Gasteiger partial charge in [-0.05, 0) is 24.6 Å². The lowest BCUT2D eigenvalue weighted by Crippen LogP contribution is -2.35. The molecule has 1 saturated heterocycles. The summed E-state index contributed by atoms with van der Waals surface area (Å²) in [5.41, 5.74) is 7.36. The highest BCUT2D eigenvalue weighted by atomic mass is 32.2. The van der Waals surface area contributed by atoms with Gasteiger partial charge in [0.25, 0.3) is 0 Å². The maximum atomic E-state index is 12.6. The molecule has 1 fully saturated rings. The molecular formula is C14H14N2O4S. The predicted molar refractivity (Wildman–Crippen MR) is 81.4 cm³/mol. The summed E-state index contributed by atoms with van der Waals surface area (Å²) in [6, 6.07) is 4.60. The molecule has 0 saturated carbocycles. The fourth-order valence-corrected chi connectivity index (χ4v) is 3.63. The van der Waals surface area contributed by atoms with Gasteiger partial charge in [0.1, 0.15) is 11.6 Å². The lowest BCUT2D eigenvalue weighted by molar-refractivity contribution is -0.138. The van der Waals surface area contributed by atoms with Crippen molar-refractivity contribution in [2.75, 3.05) is 11.5 Å². The van der Waals surface area contributed by atoms with Gasteiger partial charge in [0.2, 0.25) is 11.3 Å². The summed E-state index contributed by atoms with van der Waals surface area (Å²) < 4.78 is 5.54. The van der Waals surface area contributed by atoms with E-state index < -0.39 is 17.4 Å². The van der Waals surface area contributed by atoms with Crippen LogP contribution in [-0.2, 0) is 4.79 Å². The summed E-state index contributed by atoms with van der Waals surface area (Å²) in [7, 11) is 0. The first-order valence-corrected chi connectivity index (χ1v) is 7.45. The maximum Gasteiger partial charge on any atom is 0.321 e. The van der Waals surface area contributed by atoms with Gasteiger partial charge in [0.15, 0.2) is 0 Å². The van der Waals surface area contributed by atoms with Crippen molar-refractivity contribution in [3.63, 3.8) is 0 Å². The Labute approximate surface area is 124 Å². The number of nitrogen functional groups attached to an aromatic ring is 1. The Morgan fingerprint density at radius 3 is 2.95 bits per heavy atom. The van der Waals surface area contributed by atoms with Crippen LogP contribution in [0.25, 0.3) is 11.0 Å². The zero-order valence-electron chi connectivity index (χ0n) is 11.3. The standard InChI is InChI=1S/C14H14N2O4S/c1-6-2-3-7-9(4-6)20-12(15)10(11(7)17)13-16-8(5-21-13)14(18)19/h2-4,8,13,16H,5,15H2,1H3,(H,18,19). The van der Waals surface area contributed by atoms with E-state index in [4.69, 9.17) is 15.3 Å². The van der Waals surface area contributed by atoms with Gasteiger partial charge in [-0.3, -0.25) is 14.9 Å². The van der Waals surface area contributed by atoms with Crippen LogP contribution in [0.1, 0.15) is 16.5 Å². The van der Waals surface area contributed by atoms with E-state index >= 15 is 0 Å². The van der Waals surface area contributed by atoms with Gasteiger partial charge >= 0.3 is 5.97 Å². The van der Waals surface area contributed by atoms with E-state index in [1.807, 2.05) is 13.0 Å². The molecule has 2 heterocycles. The number of rotatable bonds is 2. The molecule has 2 atom stereocenters. The van der Waals surface area contributed by atoms with Crippen LogP contribution in [0.4, 0.5) is 5.88 Å². The maximum absolute atomic E-state index is 12.6. The van der Waals surface area contributed by atoms with Crippen LogP contribution in [0.3, 0.4) is 0 Å². The molecule has 1 aromatic heterocycles. The van der Waals surface area contributed by atoms with Crippen LogP contribution in [0.15, 0.2) is 27.4 Å². The third-order valence-electron chi connectivity index (χ3n) is 3.45. The monoisotopic (exact) mass is 306 g/mol. The number of hydrogen-bond acceptors (Lipinski definition) is 6. The number of aliphatic carboxylic acids is 1. The SMILES string of the molecule is Cc1ccc2c(=O)c(C3NC(C(=O)O)CS3)c(N)oc2c1. The molecule has 2 unspecified atom stereocenters. The number of carboxylic acid groups (broad SMARTS) is 1. The second kappa shape index (κ2) is 5.09. The topological polar surface area (TPSA) is 106 Å². The number of carboxylic acids is 1. The largest absolute Gasteiger partial charge is 0.480 e. The predicted octanol–water partition coefficient (Wildman–Crippen LogP) is 1.47. The number of benzene rings is 1. The van der Waals surface area contributed by atoms with Gasteiger partial charge in [0, 0.05) is 5.75 Å². The molecule has 110 valence electrons. The molecule has 0 amide bonds. The zero-order valence-corrected chi connectivity index (χ0v) is 12.1. The summed E-state index contributed by atoms with van der Waals surface area (Å²) in [6.45, 7) is 1.90. The van der Waals surface area contributed by atoms with Crippen molar-refractivity contribution >= 4 is 34.6 Å². The van der Waals surface area contributed by atoms with E-state index in [9.17, 15) is 9.59 Å². The van der Waals surface area contributed by atoms with E-state index in [2.05, 4.69) is 5.32 Å². The zero-order chi connectivity index (χ0) is 15.1. The summed E-state index contributed by atoms with van der Waals surface area (Å²) in [6.07, 6.45) is 0. The fraction of sp³-hybridized carbons (Fsp3) is 0.286. The Morgan fingerprint density at radius 2 is 2.29 bits per heavy atom. The van der Waals surface area contributed by atoms with Crippen molar-refractivity contribution in [3.8, 4) is 0 Å². The molecule has 2 aromatic rings. The molecule has 3 rings (SSSR count). The molecule has 1 aliphatic heterocycles. The summed E-state index contributed by atoms with van der Waals surface area (Å²) >= 11 is 1.34. The summed E-state index contributed by atoms with van der Waals surface area (Å²) in [5.74, 6) is -0.524. The van der Waals surface area contributed by atoms with Crippen molar-refractivity contribution in [1.82, 2.24) is 5.32 Å². The van der Waals surface area contributed by atoms with E-state index in [0.717, 1.165) is 5.56 Å². The second-order valence-electron chi connectivity index (χ2n) is 4.98. The van der Waals surface area contributed by atoms with Crippen LogP contribution >= 0.6 is 11.8 Å². The number of carbonyl (C=O) groups is 1. The normalized spacial score (nSPS) is 21.8. The van der Waals surface area contributed by atoms with Crippen LogP contribution in [-0.4, -0.2) is 22.9 Å². The van der Waals surface area contributed by atoms with Crippen molar-refractivity contribution in [2.45, 2.75) is 18.3 Å². The number of thioether (sulfide) groups is 1. The van der Waals surface area contributed by atoms with Crippen molar-refractivity contribution in [1.29, 1.82) is 0 Å². The minimum Gasteiger partial charge on any atom is -0.480 e. The molecular weight excluding hydrogens is 292 g/mol. The first-order valence-electron chi connectivity index (χ1n) is 6.40. The lowest BCUT2D eigenvalue weighted by Gasteiger charge is -2.13. The van der Waals surface area contributed by atoms with Crippen LogP contribution in [0.2, 0.25) is 0 Å². The molecule has 1 aliphatic rings. The second-order valence-corrected chi connectivity index (χ2v) is 6.12. The molecule has 0 aliphatic carbocycles. The van der Waals surface area contributed by atoms with Crippen LogP contribution in [0, 0.1) is 6.92 Å². The first kappa shape index (κ1) is 14.0. The molecule has 0 radical (unpaired) electrons. The van der Waals surface area contributed by atoms with Gasteiger partial charge in [-0.25, -0.2) is 0 Å². The lowest BCUT2D eigenvalue weighted by atomic mass is 10.1.